The first kappa shape index (κ1) is 26.0. The Labute approximate surface area is 231 Å². The lowest BCUT2D eigenvalue weighted by Crippen LogP contribution is -2.44. The maximum absolute atomic E-state index is 13.9. The summed E-state index contributed by atoms with van der Waals surface area (Å²) in [5.41, 5.74) is 8.62. The van der Waals surface area contributed by atoms with Crippen LogP contribution in [0.15, 0.2) is 93.6 Å². The van der Waals surface area contributed by atoms with Crippen molar-refractivity contribution in [2.75, 3.05) is 32.7 Å². The summed E-state index contributed by atoms with van der Waals surface area (Å²) in [5, 5.41) is 3.19. The first-order valence-corrected chi connectivity index (χ1v) is 14.7. The van der Waals surface area contributed by atoms with Crippen LogP contribution in [0.5, 0.6) is 0 Å². The third-order valence-corrected chi connectivity index (χ3v) is 8.91. The minimum absolute atomic E-state index is 0.0442. The van der Waals surface area contributed by atoms with E-state index in [1.54, 1.807) is 12.2 Å². The van der Waals surface area contributed by atoms with Gasteiger partial charge in [-0.15, -0.1) is 0 Å². The van der Waals surface area contributed by atoms with Crippen molar-refractivity contribution < 1.29 is 9.18 Å². The van der Waals surface area contributed by atoms with Crippen LogP contribution in [0.2, 0.25) is 0 Å². The van der Waals surface area contributed by atoms with E-state index in [0.29, 0.717) is 18.9 Å². The normalized spacial score (nSPS) is 21.9. The van der Waals surface area contributed by atoms with Gasteiger partial charge < -0.3 is 10.2 Å². The second kappa shape index (κ2) is 11.9. The average molecular weight is 527 g/mol. The van der Waals surface area contributed by atoms with Crippen LogP contribution >= 0.6 is 0 Å². The standard InChI is InChI=1S/C33H39FN4O/c34-27-10-11-31-29(22-27)30(23-36-31)26-13-18-37(19-14-26)20-16-32-28-9-5-4-8-25(28)15-21-38(32)33(39)35-17-12-24-6-2-1-3-7-24/h1-3,6-8,10,22-23,26H,4-5,9,11-21H2,(H,35,39). The molecular weight excluding hydrogens is 487 g/mol. The Morgan fingerprint density at radius 2 is 1.90 bits per heavy atom. The fourth-order valence-electron chi connectivity index (χ4n) is 6.75. The summed E-state index contributed by atoms with van der Waals surface area (Å²) in [6.45, 7) is 4.43. The van der Waals surface area contributed by atoms with Crippen molar-refractivity contribution in [3.05, 3.63) is 94.1 Å². The molecule has 1 fully saturated rings. The highest BCUT2D eigenvalue weighted by atomic mass is 19.1. The number of carbonyl (C=O) groups is 1. The largest absolute Gasteiger partial charge is 0.337 e. The minimum Gasteiger partial charge on any atom is -0.337 e. The summed E-state index contributed by atoms with van der Waals surface area (Å²) in [7, 11) is 0. The molecular formula is C33H39FN4O. The maximum atomic E-state index is 13.9. The molecule has 1 saturated heterocycles. The monoisotopic (exact) mass is 526 g/mol. The van der Waals surface area contributed by atoms with Gasteiger partial charge in [-0.05, 0) is 98.4 Å². The summed E-state index contributed by atoms with van der Waals surface area (Å²) in [4.78, 5) is 22.5. The molecule has 1 aromatic rings. The first-order chi connectivity index (χ1) is 19.2. The van der Waals surface area contributed by atoms with Gasteiger partial charge in [-0.3, -0.25) is 9.89 Å². The van der Waals surface area contributed by atoms with Crippen molar-refractivity contribution in [3.8, 4) is 0 Å². The Bertz CT molecular complexity index is 1280. The highest BCUT2D eigenvalue weighted by Crippen LogP contribution is 2.38. The van der Waals surface area contributed by atoms with E-state index in [1.807, 2.05) is 29.3 Å². The predicted molar refractivity (Wildman–Crippen MR) is 155 cm³/mol. The number of fused-ring (bicyclic) bond motifs is 2. The van der Waals surface area contributed by atoms with Crippen LogP contribution in [-0.4, -0.2) is 54.3 Å². The highest BCUT2D eigenvalue weighted by molar-refractivity contribution is 6.08. The zero-order valence-electron chi connectivity index (χ0n) is 22.8. The van der Waals surface area contributed by atoms with Crippen molar-refractivity contribution in [2.24, 2.45) is 10.9 Å². The molecule has 3 aliphatic heterocycles. The first-order valence-electron chi connectivity index (χ1n) is 14.7. The van der Waals surface area contributed by atoms with Crippen molar-refractivity contribution in [3.63, 3.8) is 0 Å². The van der Waals surface area contributed by atoms with Gasteiger partial charge in [-0.25, -0.2) is 9.18 Å². The van der Waals surface area contributed by atoms with E-state index < -0.39 is 0 Å². The van der Waals surface area contributed by atoms with Crippen molar-refractivity contribution in [1.82, 2.24) is 15.1 Å². The van der Waals surface area contributed by atoms with E-state index in [1.165, 1.54) is 34.4 Å². The van der Waals surface area contributed by atoms with Gasteiger partial charge in [0, 0.05) is 49.9 Å². The van der Waals surface area contributed by atoms with E-state index in [4.69, 9.17) is 0 Å². The molecule has 0 aromatic heterocycles. The number of nitrogens with zero attached hydrogens (tertiary/aromatic N) is 3. The number of allylic oxidation sites excluding steroid dienone is 7. The molecule has 5 nitrogen and oxygen atoms in total. The zero-order chi connectivity index (χ0) is 26.6. The fraction of sp³-hybridized carbons (Fsp3) is 0.455. The lowest BCUT2D eigenvalue weighted by Gasteiger charge is -2.38. The van der Waals surface area contributed by atoms with Crippen LogP contribution in [0, 0.1) is 5.92 Å². The van der Waals surface area contributed by atoms with E-state index >= 15 is 0 Å². The predicted octanol–water partition coefficient (Wildman–Crippen LogP) is 6.63. The molecule has 1 N–H and O–H groups in total. The summed E-state index contributed by atoms with van der Waals surface area (Å²) in [6, 6.07) is 10.4. The molecule has 204 valence electrons. The minimum atomic E-state index is -0.138. The topological polar surface area (TPSA) is 47.9 Å². The molecule has 0 bridgehead atoms. The van der Waals surface area contributed by atoms with Crippen LogP contribution in [0.4, 0.5) is 9.18 Å². The summed E-state index contributed by atoms with van der Waals surface area (Å²) >= 11 is 0. The van der Waals surface area contributed by atoms with Crippen LogP contribution in [0.1, 0.15) is 56.9 Å². The number of benzene rings is 1. The molecule has 5 aliphatic rings. The van der Waals surface area contributed by atoms with Crippen molar-refractivity contribution in [1.29, 1.82) is 0 Å². The molecule has 2 aliphatic carbocycles. The second-order valence-corrected chi connectivity index (χ2v) is 11.3. The summed E-state index contributed by atoms with van der Waals surface area (Å²) < 4.78 is 13.9. The summed E-state index contributed by atoms with van der Waals surface area (Å²) in [5.74, 6) is 0.303. The molecule has 2 amide bonds. The van der Waals surface area contributed by atoms with Gasteiger partial charge in [-0.1, -0.05) is 36.4 Å². The van der Waals surface area contributed by atoms with Crippen molar-refractivity contribution in [2.45, 2.75) is 57.8 Å². The van der Waals surface area contributed by atoms with E-state index in [-0.39, 0.29) is 11.9 Å². The van der Waals surface area contributed by atoms with E-state index in [9.17, 15) is 9.18 Å². The van der Waals surface area contributed by atoms with Gasteiger partial charge >= 0.3 is 6.03 Å². The molecule has 0 unspecified atom stereocenters. The van der Waals surface area contributed by atoms with Gasteiger partial charge in [0.15, 0.2) is 0 Å². The van der Waals surface area contributed by atoms with Crippen LogP contribution in [-0.2, 0) is 6.42 Å². The molecule has 39 heavy (non-hydrogen) atoms. The Hall–Kier alpha value is -3.25. The molecule has 0 spiro atoms. The van der Waals surface area contributed by atoms with Gasteiger partial charge in [0.1, 0.15) is 5.83 Å². The van der Waals surface area contributed by atoms with Gasteiger partial charge in [0.05, 0.1) is 5.71 Å². The smallest absolute Gasteiger partial charge is 0.321 e. The number of nitrogens with one attached hydrogen (secondary N) is 1. The highest BCUT2D eigenvalue weighted by Gasteiger charge is 2.31. The molecule has 6 rings (SSSR count). The van der Waals surface area contributed by atoms with Crippen LogP contribution in [0.25, 0.3) is 0 Å². The number of amides is 2. The molecule has 1 aromatic carbocycles. The van der Waals surface area contributed by atoms with Gasteiger partial charge in [0.25, 0.3) is 0 Å². The SMILES string of the molecule is O=C(NCCc1ccccc1)N1CCC2=CCCCC2=C1CCN1CCC(C2=CN=C3CC=C(F)C=C23)CC1. The average Bonchev–Trinajstić information content (AvgIpc) is 3.39. The Morgan fingerprint density at radius 3 is 2.74 bits per heavy atom. The number of urea groups is 1. The molecule has 0 radical (unpaired) electrons. The van der Waals surface area contributed by atoms with Gasteiger partial charge in [0.2, 0.25) is 0 Å². The van der Waals surface area contributed by atoms with E-state index in [2.05, 4.69) is 33.4 Å². The van der Waals surface area contributed by atoms with Crippen LogP contribution < -0.4 is 5.32 Å². The molecule has 0 atom stereocenters. The third-order valence-electron chi connectivity index (χ3n) is 8.91. The van der Waals surface area contributed by atoms with Crippen molar-refractivity contribution >= 4 is 11.7 Å². The van der Waals surface area contributed by atoms with E-state index in [0.717, 1.165) is 82.4 Å². The molecule has 3 heterocycles. The van der Waals surface area contributed by atoms with Gasteiger partial charge in [-0.2, -0.15) is 0 Å². The quantitative estimate of drug-likeness (QED) is 0.433. The number of piperidine rings is 1. The summed E-state index contributed by atoms with van der Waals surface area (Å²) in [6.07, 6.45) is 16.5. The number of hydrogen-bond acceptors (Lipinski definition) is 3. The Morgan fingerprint density at radius 1 is 1.05 bits per heavy atom. The second-order valence-electron chi connectivity index (χ2n) is 11.3. The number of hydrogen-bond donors (Lipinski definition) is 1. The number of halogens is 1. The maximum Gasteiger partial charge on any atom is 0.321 e. The number of carbonyl (C=O) groups excluding carboxylic acids is 1. The lowest BCUT2D eigenvalue weighted by molar-refractivity contribution is 0.188. The number of aliphatic imine (C=N–C) groups is 1. The molecule has 6 heteroatoms. The third kappa shape index (κ3) is 5.86. The lowest BCUT2D eigenvalue weighted by atomic mass is 9.83. The number of likely N-dealkylation sites (tertiary alicyclic amines) is 1. The Kier molecular flexibility index (Phi) is 7.91. The molecule has 0 saturated carbocycles. The Balaban J connectivity index is 1.06. The zero-order valence-corrected chi connectivity index (χ0v) is 22.8. The fourth-order valence-corrected chi connectivity index (χ4v) is 6.75. The van der Waals surface area contributed by atoms with Crippen LogP contribution in [0.3, 0.4) is 0 Å². The number of rotatable bonds is 7.